The van der Waals surface area contributed by atoms with Crippen LogP contribution in [0, 0.1) is 11.6 Å². The second kappa shape index (κ2) is 8.40. The van der Waals surface area contributed by atoms with Crippen molar-refractivity contribution in [3.63, 3.8) is 0 Å². The van der Waals surface area contributed by atoms with Crippen molar-refractivity contribution in [1.82, 2.24) is 35.1 Å². The van der Waals surface area contributed by atoms with Gasteiger partial charge in [-0.3, -0.25) is 10.1 Å². The van der Waals surface area contributed by atoms with E-state index in [0.717, 1.165) is 40.6 Å². The summed E-state index contributed by atoms with van der Waals surface area (Å²) in [6.07, 6.45) is 7.75. The average Bonchev–Trinajstić information content (AvgIpc) is 3.76. The van der Waals surface area contributed by atoms with E-state index in [1.54, 1.807) is 35.4 Å². The Kier molecular flexibility index (Phi) is 4.80. The number of halogens is 2. The van der Waals surface area contributed by atoms with Gasteiger partial charge in [-0.1, -0.05) is 12.1 Å². The molecule has 2 N–H and O–H groups in total. The number of nitrogens with one attached hydrogen (secondary N) is 2. The van der Waals surface area contributed by atoms with Crippen LogP contribution in [-0.4, -0.2) is 55.0 Å². The Hall–Kier alpha value is -4.70. The van der Waals surface area contributed by atoms with Crippen LogP contribution in [0.15, 0.2) is 73.3 Å². The molecule has 0 radical (unpaired) electrons. The average molecular weight is 521 g/mol. The Morgan fingerprint density at radius 1 is 0.949 bits per heavy atom. The molecule has 2 bridgehead atoms. The van der Waals surface area contributed by atoms with Gasteiger partial charge in [-0.05, 0) is 48.4 Å². The van der Waals surface area contributed by atoms with Crippen molar-refractivity contribution in [2.45, 2.75) is 18.5 Å². The van der Waals surface area contributed by atoms with Gasteiger partial charge >= 0.3 is 0 Å². The van der Waals surface area contributed by atoms with Crippen LogP contribution in [0.5, 0.6) is 0 Å². The van der Waals surface area contributed by atoms with Crippen LogP contribution in [0.2, 0.25) is 0 Å². The topological polar surface area (TPSA) is 87.0 Å². The monoisotopic (exact) mass is 520 g/mol. The van der Waals surface area contributed by atoms with E-state index >= 15 is 8.78 Å². The molecule has 0 aliphatic carbocycles. The summed E-state index contributed by atoms with van der Waals surface area (Å²) in [5.41, 5.74) is 5.66. The molecular formula is C29H22F2N8. The van der Waals surface area contributed by atoms with Gasteiger partial charge in [0, 0.05) is 60.3 Å². The van der Waals surface area contributed by atoms with Crippen molar-refractivity contribution < 1.29 is 8.78 Å². The number of anilines is 1. The summed E-state index contributed by atoms with van der Waals surface area (Å²) in [4.78, 5) is 10.7. The lowest BCUT2D eigenvalue weighted by molar-refractivity contribution is 0.535. The summed E-state index contributed by atoms with van der Waals surface area (Å²) in [6.45, 7) is 1.35. The second-order valence-electron chi connectivity index (χ2n) is 10.1. The molecule has 0 spiro atoms. The van der Waals surface area contributed by atoms with Crippen LogP contribution in [0.4, 0.5) is 14.5 Å². The normalized spacial score (nSPS) is 18.6. The van der Waals surface area contributed by atoms with Crippen LogP contribution in [0.1, 0.15) is 6.42 Å². The van der Waals surface area contributed by atoms with Gasteiger partial charge in [0.2, 0.25) is 0 Å². The molecule has 0 amide bonds. The highest BCUT2D eigenvalue weighted by atomic mass is 19.1. The van der Waals surface area contributed by atoms with Crippen molar-refractivity contribution in [3.8, 4) is 33.6 Å². The summed E-state index contributed by atoms with van der Waals surface area (Å²) in [5, 5.41) is 16.5. The summed E-state index contributed by atoms with van der Waals surface area (Å²) in [5.74, 6) is -1.15. The maximum absolute atomic E-state index is 15.6. The van der Waals surface area contributed by atoms with Crippen LogP contribution >= 0.6 is 0 Å². The van der Waals surface area contributed by atoms with E-state index in [-0.39, 0.29) is 17.8 Å². The fourth-order valence-electron chi connectivity index (χ4n) is 6.13. The van der Waals surface area contributed by atoms with Gasteiger partial charge in [-0.15, -0.1) is 0 Å². The van der Waals surface area contributed by atoms with Crippen molar-refractivity contribution in [2.75, 3.05) is 18.0 Å². The lowest BCUT2D eigenvalue weighted by atomic mass is 9.99. The third kappa shape index (κ3) is 3.38. The highest BCUT2D eigenvalue weighted by molar-refractivity contribution is 6.02. The molecule has 2 saturated heterocycles. The Bertz CT molecular complexity index is 1860. The van der Waals surface area contributed by atoms with E-state index in [0.29, 0.717) is 29.1 Å². The van der Waals surface area contributed by atoms with Crippen LogP contribution in [0.3, 0.4) is 0 Å². The molecule has 6 heterocycles. The SMILES string of the molecule is Fc1cc(-c2ccnc3c(-c4cccc5[nH]ncc45)c(-c4ccncc4)nn23)cc(F)c1N1CC2CC1CN2. The summed E-state index contributed by atoms with van der Waals surface area (Å²) >= 11 is 0. The number of rotatable bonds is 4. The smallest absolute Gasteiger partial charge is 0.164 e. The minimum atomic E-state index is -0.576. The molecule has 0 saturated carbocycles. The number of hydrogen-bond donors (Lipinski definition) is 2. The minimum absolute atomic E-state index is 0.0447. The quantitative estimate of drug-likeness (QED) is 0.346. The van der Waals surface area contributed by atoms with Crippen molar-refractivity contribution >= 4 is 22.2 Å². The molecule has 2 unspecified atom stereocenters. The molecule has 2 aromatic carbocycles. The number of benzene rings is 2. The first-order chi connectivity index (χ1) is 19.2. The molecule has 2 fully saturated rings. The molecule has 39 heavy (non-hydrogen) atoms. The number of aromatic nitrogens is 6. The highest BCUT2D eigenvalue weighted by Gasteiger charge is 2.40. The molecule has 192 valence electrons. The van der Waals surface area contributed by atoms with E-state index in [4.69, 9.17) is 5.10 Å². The van der Waals surface area contributed by atoms with Gasteiger partial charge in [0.1, 0.15) is 23.0 Å². The van der Waals surface area contributed by atoms with Crippen LogP contribution in [0.25, 0.3) is 50.2 Å². The zero-order valence-corrected chi connectivity index (χ0v) is 20.6. The predicted octanol–water partition coefficient (Wildman–Crippen LogP) is 4.83. The largest absolute Gasteiger partial charge is 0.361 e. The maximum Gasteiger partial charge on any atom is 0.164 e. The van der Waals surface area contributed by atoms with E-state index < -0.39 is 11.6 Å². The molecule has 8 rings (SSSR count). The highest BCUT2D eigenvalue weighted by Crippen LogP contribution is 2.40. The minimum Gasteiger partial charge on any atom is -0.361 e. The third-order valence-electron chi connectivity index (χ3n) is 7.88. The van der Waals surface area contributed by atoms with Crippen LogP contribution in [-0.2, 0) is 0 Å². The Labute approximate surface area is 221 Å². The second-order valence-corrected chi connectivity index (χ2v) is 10.1. The van der Waals surface area contributed by atoms with E-state index in [1.807, 2.05) is 35.2 Å². The zero-order valence-electron chi connectivity index (χ0n) is 20.6. The van der Waals surface area contributed by atoms with Gasteiger partial charge in [0.05, 0.1) is 23.0 Å². The molecule has 2 aliphatic rings. The zero-order chi connectivity index (χ0) is 26.1. The predicted molar refractivity (Wildman–Crippen MR) is 144 cm³/mol. The Balaban J connectivity index is 1.34. The van der Waals surface area contributed by atoms with Crippen LogP contribution < -0.4 is 10.2 Å². The Morgan fingerprint density at radius 2 is 1.79 bits per heavy atom. The first-order valence-electron chi connectivity index (χ1n) is 12.9. The molecule has 6 aromatic rings. The number of piperazine rings is 1. The molecule has 10 heteroatoms. The molecule has 4 aromatic heterocycles. The van der Waals surface area contributed by atoms with Gasteiger partial charge in [0.15, 0.2) is 5.65 Å². The molecule has 8 nitrogen and oxygen atoms in total. The van der Waals surface area contributed by atoms with Crippen molar-refractivity contribution in [1.29, 1.82) is 0 Å². The Morgan fingerprint density at radius 3 is 2.56 bits per heavy atom. The van der Waals surface area contributed by atoms with E-state index in [9.17, 15) is 0 Å². The summed E-state index contributed by atoms with van der Waals surface area (Å²) in [7, 11) is 0. The number of fused-ring (bicyclic) bond motifs is 4. The fraction of sp³-hybridized carbons (Fsp3) is 0.172. The lowest BCUT2D eigenvalue weighted by Gasteiger charge is -2.30. The molecular weight excluding hydrogens is 498 g/mol. The molecule has 2 aliphatic heterocycles. The van der Waals surface area contributed by atoms with E-state index in [2.05, 4.69) is 25.5 Å². The first-order valence-corrected chi connectivity index (χ1v) is 12.9. The van der Waals surface area contributed by atoms with Gasteiger partial charge < -0.3 is 10.2 Å². The standard InChI is InChI=1S/C29H22F2N8/c30-22-10-17(11-23(31)28(22)38-15-18-12-19(38)13-34-18)25-6-9-33-29-26(20-2-1-3-24-21(20)14-35-36-24)27(37-39(25)29)16-4-7-32-8-5-16/h1-11,14,18-19,34H,12-13,15H2,(H,35,36). The number of H-pyrrole nitrogens is 1. The lowest BCUT2D eigenvalue weighted by Crippen LogP contribution is -2.44. The van der Waals surface area contributed by atoms with Gasteiger partial charge in [-0.2, -0.15) is 10.2 Å². The van der Waals surface area contributed by atoms with Crippen molar-refractivity contribution in [2.24, 2.45) is 0 Å². The van der Waals surface area contributed by atoms with E-state index in [1.165, 1.54) is 12.1 Å². The summed E-state index contributed by atoms with van der Waals surface area (Å²) < 4.78 is 32.8. The maximum atomic E-state index is 15.6. The third-order valence-corrected chi connectivity index (χ3v) is 7.88. The molecule has 2 atom stereocenters. The number of nitrogens with zero attached hydrogens (tertiary/aromatic N) is 6. The fourth-order valence-corrected chi connectivity index (χ4v) is 6.13. The number of pyridine rings is 1. The number of aromatic amines is 1. The van der Waals surface area contributed by atoms with Crippen molar-refractivity contribution in [3.05, 3.63) is 85.0 Å². The first kappa shape index (κ1) is 22.3. The summed E-state index contributed by atoms with van der Waals surface area (Å²) in [6, 6.07) is 14.6. The van der Waals surface area contributed by atoms with Gasteiger partial charge in [0.25, 0.3) is 0 Å². The number of hydrogen-bond acceptors (Lipinski definition) is 6. The van der Waals surface area contributed by atoms with Gasteiger partial charge in [-0.25, -0.2) is 18.3 Å².